The molecule has 1 aromatic carbocycles. The van der Waals surface area contributed by atoms with E-state index in [1.165, 1.54) is 18.4 Å². The van der Waals surface area contributed by atoms with Crippen LogP contribution in [0.25, 0.3) is 0 Å². The van der Waals surface area contributed by atoms with Crippen LogP contribution in [0.1, 0.15) is 12.5 Å². The Labute approximate surface area is 126 Å². The minimum atomic E-state index is -0.470. The van der Waals surface area contributed by atoms with Gasteiger partial charge < -0.3 is 10.6 Å². The number of hydrogen-bond donors (Lipinski definition) is 3. The van der Waals surface area contributed by atoms with Gasteiger partial charge in [0.1, 0.15) is 5.40 Å². The van der Waals surface area contributed by atoms with Gasteiger partial charge in [0.2, 0.25) is 5.91 Å². The molecular weight excluding hydrogens is 300 g/mol. The minimum Gasteiger partial charge on any atom is -0.332 e. The first-order valence-corrected chi connectivity index (χ1v) is 6.04. The lowest BCUT2D eigenvalue weighted by atomic mass is 10.2. The van der Waals surface area contributed by atoms with E-state index in [1.807, 2.05) is 0 Å². The molecule has 9 heteroatoms. The number of nitro groups is 1. The zero-order chi connectivity index (χ0) is 15.7. The zero-order valence-electron chi connectivity index (χ0n) is 10.7. The molecule has 106 valence electrons. The van der Waals surface area contributed by atoms with Crippen molar-refractivity contribution in [3.05, 3.63) is 33.9 Å². The summed E-state index contributed by atoms with van der Waals surface area (Å²) < 4.78 is 0. The standard InChI is InChI=1S/C10H11N3O3S.CHNS/c1-6-3-4-8(5-9(6)13(15)16)12-10(17)11-7(2)14;2-1-3/h3-5H,1-2H3,(H2,11,12,14,17);3H. The van der Waals surface area contributed by atoms with Crippen molar-refractivity contribution in [2.75, 3.05) is 5.32 Å². The Kier molecular flexibility index (Phi) is 7.88. The molecule has 0 radical (unpaired) electrons. The van der Waals surface area contributed by atoms with Crippen molar-refractivity contribution in [2.45, 2.75) is 13.8 Å². The van der Waals surface area contributed by atoms with Gasteiger partial charge in [-0.2, -0.15) is 5.26 Å². The van der Waals surface area contributed by atoms with E-state index in [9.17, 15) is 14.9 Å². The van der Waals surface area contributed by atoms with Crippen molar-refractivity contribution < 1.29 is 9.72 Å². The number of amides is 1. The predicted octanol–water partition coefficient (Wildman–Crippen LogP) is 2.13. The van der Waals surface area contributed by atoms with Crippen LogP contribution in [0.5, 0.6) is 0 Å². The molecule has 1 aromatic rings. The van der Waals surface area contributed by atoms with Gasteiger partial charge in [-0.3, -0.25) is 14.9 Å². The van der Waals surface area contributed by atoms with Crippen molar-refractivity contribution in [2.24, 2.45) is 0 Å². The van der Waals surface area contributed by atoms with Crippen LogP contribution < -0.4 is 10.6 Å². The molecule has 1 rings (SSSR count). The largest absolute Gasteiger partial charge is 0.332 e. The number of carbonyl (C=O) groups excluding carboxylic acids is 1. The highest BCUT2D eigenvalue weighted by Gasteiger charge is 2.11. The first-order chi connectivity index (χ1) is 9.31. The molecule has 2 N–H and O–H groups in total. The van der Waals surface area contributed by atoms with Gasteiger partial charge in [0.05, 0.1) is 4.92 Å². The Morgan fingerprint density at radius 2 is 2.10 bits per heavy atom. The minimum absolute atomic E-state index is 0.000579. The molecule has 0 aliphatic heterocycles. The lowest BCUT2D eigenvalue weighted by molar-refractivity contribution is -0.385. The van der Waals surface area contributed by atoms with E-state index >= 15 is 0 Å². The SMILES string of the molecule is CC(=O)NC(=S)Nc1ccc(C)c([N+](=O)[O-])c1.N#CS. The summed E-state index contributed by atoms with van der Waals surface area (Å²) in [6, 6.07) is 4.62. The van der Waals surface area contributed by atoms with Crippen molar-refractivity contribution in [3.8, 4) is 5.40 Å². The number of rotatable bonds is 2. The van der Waals surface area contributed by atoms with E-state index in [0.717, 1.165) is 0 Å². The molecule has 0 fully saturated rings. The zero-order valence-corrected chi connectivity index (χ0v) is 12.4. The lowest BCUT2D eigenvalue weighted by Crippen LogP contribution is -2.32. The third-order valence-corrected chi connectivity index (χ3v) is 2.16. The Hall–Kier alpha value is -2.18. The van der Waals surface area contributed by atoms with Crippen LogP contribution >= 0.6 is 24.8 Å². The van der Waals surface area contributed by atoms with Crippen LogP contribution in [0.3, 0.4) is 0 Å². The molecular formula is C11H12N4O3S2. The van der Waals surface area contributed by atoms with E-state index in [-0.39, 0.29) is 16.7 Å². The van der Waals surface area contributed by atoms with Gasteiger partial charge >= 0.3 is 0 Å². The Morgan fingerprint density at radius 1 is 1.55 bits per heavy atom. The molecule has 0 unspecified atom stereocenters. The number of thiocarbonyl (C=S) groups is 1. The van der Waals surface area contributed by atoms with Crippen molar-refractivity contribution in [3.63, 3.8) is 0 Å². The van der Waals surface area contributed by atoms with Crippen LogP contribution in [-0.4, -0.2) is 15.9 Å². The monoisotopic (exact) mass is 312 g/mol. The summed E-state index contributed by atoms with van der Waals surface area (Å²) in [5.74, 6) is -0.302. The summed E-state index contributed by atoms with van der Waals surface area (Å²) in [5.41, 5.74) is 1.02. The first kappa shape index (κ1) is 17.8. The van der Waals surface area contributed by atoms with Crippen LogP contribution in [0.4, 0.5) is 11.4 Å². The summed E-state index contributed by atoms with van der Waals surface area (Å²) >= 11 is 7.94. The average Bonchev–Trinajstić information content (AvgIpc) is 2.31. The molecule has 1 amide bonds. The summed E-state index contributed by atoms with van der Waals surface area (Å²) in [7, 11) is 0. The third kappa shape index (κ3) is 6.67. The molecule has 0 aromatic heterocycles. The number of nitriles is 1. The predicted molar refractivity (Wildman–Crippen MR) is 82.5 cm³/mol. The second-order valence-electron chi connectivity index (χ2n) is 3.49. The number of aryl methyl sites for hydroxylation is 1. The summed E-state index contributed by atoms with van der Waals surface area (Å²) in [6.07, 6.45) is 0. The highest BCUT2D eigenvalue weighted by molar-refractivity contribution is 7.85. The van der Waals surface area contributed by atoms with Gasteiger partial charge in [-0.25, -0.2) is 0 Å². The van der Waals surface area contributed by atoms with Crippen LogP contribution in [-0.2, 0) is 4.79 Å². The van der Waals surface area contributed by atoms with Gasteiger partial charge in [0, 0.05) is 24.2 Å². The molecule has 0 atom stereocenters. The Morgan fingerprint density at radius 3 is 2.55 bits per heavy atom. The normalized spacial score (nSPS) is 8.50. The van der Waals surface area contributed by atoms with Crippen LogP contribution in [0.2, 0.25) is 0 Å². The quantitative estimate of drug-likeness (QED) is 0.254. The van der Waals surface area contributed by atoms with E-state index in [4.69, 9.17) is 17.5 Å². The number of anilines is 1. The molecule has 7 nitrogen and oxygen atoms in total. The van der Waals surface area contributed by atoms with E-state index in [1.54, 1.807) is 19.1 Å². The lowest BCUT2D eigenvalue weighted by Gasteiger charge is -2.08. The van der Waals surface area contributed by atoms with Gasteiger partial charge in [-0.15, -0.1) is 0 Å². The van der Waals surface area contributed by atoms with Crippen molar-refractivity contribution in [1.82, 2.24) is 5.32 Å². The molecule has 0 heterocycles. The second kappa shape index (κ2) is 8.84. The number of thiocyanates is 1. The number of nitrogens with one attached hydrogen (secondary N) is 2. The summed E-state index contributed by atoms with van der Waals surface area (Å²) in [5, 5.41) is 24.5. The maximum Gasteiger partial charge on any atom is 0.274 e. The van der Waals surface area contributed by atoms with Crippen LogP contribution in [0.15, 0.2) is 18.2 Å². The van der Waals surface area contributed by atoms with Gasteiger partial charge in [-0.05, 0) is 25.2 Å². The molecule has 0 bridgehead atoms. The number of carbonyl (C=O) groups is 1. The number of thiol groups is 1. The van der Waals surface area contributed by atoms with Crippen molar-refractivity contribution >= 4 is 47.2 Å². The Balaban J connectivity index is 0.00000110. The number of hydrogen-bond acceptors (Lipinski definition) is 6. The van der Waals surface area contributed by atoms with E-state index < -0.39 is 4.92 Å². The van der Waals surface area contributed by atoms with Crippen molar-refractivity contribution in [1.29, 1.82) is 5.26 Å². The fraction of sp³-hybridized carbons (Fsp3) is 0.182. The number of benzene rings is 1. The number of nitro benzene ring substituents is 1. The fourth-order valence-corrected chi connectivity index (χ4v) is 1.47. The highest BCUT2D eigenvalue weighted by atomic mass is 32.1. The molecule has 0 saturated carbocycles. The molecule has 0 aliphatic rings. The average molecular weight is 312 g/mol. The number of nitrogens with zero attached hydrogens (tertiary/aromatic N) is 2. The van der Waals surface area contributed by atoms with E-state index in [2.05, 4.69) is 23.3 Å². The molecule has 0 saturated heterocycles. The smallest absolute Gasteiger partial charge is 0.274 e. The maximum absolute atomic E-state index is 10.7. The molecule has 0 aliphatic carbocycles. The Bertz CT molecular complexity index is 569. The van der Waals surface area contributed by atoms with Gasteiger partial charge in [0.25, 0.3) is 5.69 Å². The van der Waals surface area contributed by atoms with Crippen LogP contribution in [0, 0.1) is 27.7 Å². The summed E-state index contributed by atoms with van der Waals surface area (Å²) in [4.78, 5) is 21.0. The maximum atomic E-state index is 10.7. The van der Waals surface area contributed by atoms with E-state index in [0.29, 0.717) is 11.3 Å². The third-order valence-electron chi connectivity index (χ3n) is 1.95. The fourth-order valence-electron chi connectivity index (χ4n) is 1.21. The topological polar surface area (TPSA) is 108 Å². The highest BCUT2D eigenvalue weighted by Crippen LogP contribution is 2.22. The molecule has 0 spiro atoms. The molecule has 20 heavy (non-hydrogen) atoms. The summed E-state index contributed by atoms with van der Waals surface area (Å²) in [6.45, 7) is 2.97. The first-order valence-electron chi connectivity index (χ1n) is 5.18. The second-order valence-corrected chi connectivity index (χ2v) is 4.10. The van der Waals surface area contributed by atoms with Gasteiger partial charge in [-0.1, -0.05) is 18.7 Å². The van der Waals surface area contributed by atoms with Gasteiger partial charge in [0.15, 0.2) is 5.11 Å².